The van der Waals surface area contributed by atoms with Crippen LogP contribution in [0, 0.1) is 11.8 Å². The van der Waals surface area contributed by atoms with Crippen LogP contribution in [0.5, 0.6) is 5.75 Å². The van der Waals surface area contributed by atoms with E-state index in [-0.39, 0.29) is 41.9 Å². The smallest absolute Gasteiger partial charge is 0.315 e. The summed E-state index contributed by atoms with van der Waals surface area (Å²) in [7, 11) is 0. The number of phenols is 1. The van der Waals surface area contributed by atoms with Crippen molar-refractivity contribution in [3.63, 3.8) is 0 Å². The van der Waals surface area contributed by atoms with Gasteiger partial charge in [0.05, 0.1) is 10.0 Å². The van der Waals surface area contributed by atoms with Crippen molar-refractivity contribution in [3.8, 4) is 5.75 Å². The van der Waals surface area contributed by atoms with E-state index in [1.807, 2.05) is 19.9 Å². The predicted molar refractivity (Wildman–Crippen MR) is 143 cm³/mol. The van der Waals surface area contributed by atoms with Crippen LogP contribution in [0.25, 0.3) is 0 Å². The lowest BCUT2D eigenvalue weighted by Crippen LogP contribution is -2.41. The molecule has 1 aromatic heterocycles. The van der Waals surface area contributed by atoms with Crippen LogP contribution in [0.15, 0.2) is 52.9 Å². The summed E-state index contributed by atoms with van der Waals surface area (Å²) in [4.78, 5) is 36.6. The molecule has 0 radical (unpaired) electrons. The van der Waals surface area contributed by atoms with E-state index in [1.165, 1.54) is 12.4 Å². The molecule has 2 heterocycles. The average molecular weight is 541 g/mol. The number of pyridine rings is 1. The number of aromatic hydroxyl groups is 1. The second-order valence-electron chi connectivity index (χ2n) is 10.5. The van der Waals surface area contributed by atoms with Gasteiger partial charge in [0, 0.05) is 41.7 Å². The lowest BCUT2D eigenvalue weighted by molar-refractivity contribution is -0.151. The van der Waals surface area contributed by atoms with Gasteiger partial charge < -0.3 is 9.84 Å². The molecule has 1 aromatic carbocycles. The van der Waals surface area contributed by atoms with Gasteiger partial charge >= 0.3 is 5.97 Å². The SMILES string of the molecule is CC(C)C1=NC2=C(C(=O)CC(c3c(Cl)cncc3Cl)C2)C(c2cccc(O)c2)C1C(=O)OC1CCCC1. The molecule has 1 N–H and O–H groups in total. The number of ether oxygens (including phenoxy) is 1. The molecule has 0 saturated heterocycles. The van der Waals surface area contributed by atoms with E-state index < -0.39 is 11.8 Å². The van der Waals surface area contributed by atoms with Gasteiger partial charge in [-0.2, -0.15) is 0 Å². The lowest BCUT2D eigenvalue weighted by atomic mass is 9.68. The Labute approximate surface area is 226 Å². The third-order valence-corrected chi connectivity index (χ3v) is 8.27. The average Bonchev–Trinajstić information content (AvgIpc) is 3.35. The zero-order chi connectivity index (χ0) is 26.3. The molecule has 3 aliphatic rings. The summed E-state index contributed by atoms with van der Waals surface area (Å²) < 4.78 is 5.99. The Bertz CT molecular complexity index is 1280. The number of carbonyl (C=O) groups excluding carboxylic acids is 2. The monoisotopic (exact) mass is 540 g/mol. The maximum atomic E-state index is 13.8. The van der Waals surface area contributed by atoms with Gasteiger partial charge in [0.2, 0.25) is 0 Å². The summed E-state index contributed by atoms with van der Waals surface area (Å²) in [5.41, 5.74) is 3.24. The van der Waals surface area contributed by atoms with Crippen LogP contribution in [0.2, 0.25) is 10.0 Å². The number of Topliss-reactive ketones (excluding diaryl/α,β-unsaturated/α-hetero) is 1. The summed E-state index contributed by atoms with van der Waals surface area (Å²) in [6.45, 7) is 4.00. The number of allylic oxidation sites excluding steroid dienone is 2. The summed E-state index contributed by atoms with van der Waals surface area (Å²) in [6, 6.07) is 6.79. The van der Waals surface area contributed by atoms with Crippen LogP contribution in [0.4, 0.5) is 0 Å². The topological polar surface area (TPSA) is 88.9 Å². The molecule has 0 spiro atoms. The van der Waals surface area contributed by atoms with E-state index in [0.29, 0.717) is 44.6 Å². The fourth-order valence-electron chi connectivity index (χ4n) is 6.01. The minimum atomic E-state index is -0.741. The van der Waals surface area contributed by atoms with Crippen LogP contribution >= 0.6 is 23.2 Å². The summed E-state index contributed by atoms with van der Waals surface area (Å²) in [5, 5.41) is 11.1. The Morgan fingerprint density at radius 1 is 1.11 bits per heavy atom. The first-order valence-electron chi connectivity index (χ1n) is 12.9. The standard InChI is InChI=1S/C29H30Cl2N2O4/c1-15(2)28-27(29(36)37-19-8-3-4-9-19)25(16-6-5-7-18(34)10-16)26-22(33-28)11-17(12-23(26)35)24-20(30)13-32-14-21(24)31/h5-7,10,13-15,17,19,25,27,34H,3-4,8-9,11-12H2,1-2H3. The van der Waals surface area contributed by atoms with Crippen molar-refractivity contribution in [1.29, 1.82) is 0 Å². The molecule has 0 bridgehead atoms. The molecule has 1 saturated carbocycles. The molecule has 8 heteroatoms. The summed E-state index contributed by atoms with van der Waals surface area (Å²) >= 11 is 12.9. The number of benzene rings is 1. The highest BCUT2D eigenvalue weighted by molar-refractivity contribution is 6.36. The number of carbonyl (C=O) groups is 2. The number of nitrogens with zero attached hydrogens (tertiary/aromatic N) is 2. The fourth-order valence-corrected chi connectivity index (χ4v) is 6.69. The van der Waals surface area contributed by atoms with Crippen molar-refractivity contribution >= 4 is 40.7 Å². The van der Waals surface area contributed by atoms with Crippen LogP contribution in [-0.4, -0.2) is 33.7 Å². The molecular weight excluding hydrogens is 511 g/mol. The number of esters is 1. The number of halogens is 2. The minimum absolute atomic E-state index is 0.0569. The molecule has 3 atom stereocenters. The number of phenolic OH excluding ortho intramolecular Hbond substituents is 1. The molecule has 1 fully saturated rings. The predicted octanol–water partition coefficient (Wildman–Crippen LogP) is 6.79. The van der Waals surface area contributed by atoms with Crippen molar-refractivity contribution in [2.24, 2.45) is 16.8 Å². The molecule has 37 heavy (non-hydrogen) atoms. The van der Waals surface area contributed by atoms with Gasteiger partial charge in [0.25, 0.3) is 0 Å². The van der Waals surface area contributed by atoms with Gasteiger partial charge in [-0.3, -0.25) is 19.6 Å². The van der Waals surface area contributed by atoms with Crippen LogP contribution < -0.4 is 0 Å². The van der Waals surface area contributed by atoms with Crippen LogP contribution in [-0.2, 0) is 14.3 Å². The molecule has 2 aliphatic carbocycles. The highest BCUT2D eigenvalue weighted by atomic mass is 35.5. The Morgan fingerprint density at radius 3 is 2.46 bits per heavy atom. The Hall–Kier alpha value is -2.70. The van der Waals surface area contributed by atoms with E-state index in [2.05, 4.69) is 4.98 Å². The van der Waals surface area contributed by atoms with Gasteiger partial charge in [-0.15, -0.1) is 0 Å². The highest BCUT2D eigenvalue weighted by Crippen LogP contribution is 2.49. The Balaban J connectivity index is 1.62. The second kappa shape index (κ2) is 10.6. The maximum Gasteiger partial charge on any atom is 0.315 e. The van der Waals surface area contributed by atoms with Crippen molar-refractivity contribution in [3.05, 3.63) is 69.1 Å². The van der Waals surface area contributed by atoms with Crippen LogP contribution in [0.3, 0.4) is 0 Å². The first-order chi connectivity index (χ1) is 17.7. The molecular formula is C29H30Cl2N2O4. The molecule has 5 rings (SSSR count). The number of ketones is 1. The van der Waals surface area contributed by atoms with E-state index in [4.69, 9.17) is 32.9 Å². The molecule has 1 aliphatic heterocycles. The van der Waals surface area contributed by atoms with Crippen molar-refractivity contribution < 1.29 is 19.4 Å². The third-order valence-electron chi connectivity index (χ3n) is 7.67. The van der Waals surface area contributed by atoms with Gasteiger partial charge in [0.15, 0.2) is 5.78 Å². The number of aliphatic imine (C=N–C) groups is 1. The normalized spacial score (nSPS) is 24.3. The van der Waals surface area contributed by atoms with E-state index in [0.717, 1.165) is 25.7 Å². The van der Waals surface area contributed by atoms with E-state index in [9.17, 15) is 14.7 Å². The van der Waals surface area contributed by atoms with Gasteiger partial charge in [-0.25, -0.2) is 0 Å². The molecule has 6 nitrogen and oxygen atoms in total. The number of hydrogen-bond donors (Lipinski definition) is 1. The molecule has 0 amide bonds. The first-order valence-corrected chi connectivity index (χ1v) is 13.6. The van der Waals surface area contributed by atoms with Gasteiger partial charge in [-0.05, 0) is 67.2 Å². The van der Waals surface area contributed by atoms with Gasteiger partial charge in [-0.1, -0.05) is 49.2 Å². The minimum Gasteiger partial charge on any atom is -0.508 e. The van der Waals surface area contributed by atoms with Crippen molar-refractivity contribution in [2.45, 2.75) is 70.3 Å². The van der Waals surface area contributed by atoms with Crippen molar-refractivity contribution in [1.82, 2.24) is 4.98 Å². The fraction of sp³-hybridized carbons (Fsp3) is 0.448. The number of rotatable bonds is 5. The van der Waals surface area contributed by atoms with Crippen molar-refractivity contribution in [2.75, 3.05) is 0 Å². The van der Waals surface area contributed by atoms with Gasteiger partial charge in [0.1, 0.15) is 17.8 Å². The Kier molecular flexibility index (Phi) is 7.42. The summed E-state index contributed by atoms with van der Waals surface area (Å²) in [5.74, 6) is -2.02. The summed E-state index contributed by atoms with van der Waals surface area (Å²) in [6.07, 6.45) is 7.39. The van der Waals surface area contributed by atoms with E-state index in [1.54, 1.807) is 18.2 Å². The quantitative estimate of drug-likeness (QED) is 0.421. The highest BCUT2D eigenvalue weighted by Gasteiger charge is 2.47. The second-order valence-corrected chi connectivity index (χ2v) is 11.3. The number of hydrogen-bond acceptors (Lipinski definition) is 6. The van der Waals surface area contributed by atoms with E-state index >= 15 is 0 Å². The maximum absolute atomic E-state index is 13.8. The third kappa shape index (κ3) is 5.06. The Morgan fingerprint density at radius 2 is 1.81 bits per heavy atom. The molecule has 194 valence electrons. The zero-order valence-electron chi connectivity index (χ0n) is 20.9. The zero-order valence-corrected chi connectivity index (χ0v) is 22.4. The van der Waals surface area contributed by atoms with Crippen LogP contribution in [0.1, 0.15) is 75.3 Å². The first kappa shape index (κ1) is 25.9. The molecule has 2 aromatic rings. The largest absolute Gasteiger partial charge is 0.508 e. The number of aromatic nitrogens is 1. The molecule has 3 unspecified atom stereocenters. The lowest BCUT2D eigenvalue weighted by Gasteiger charge is -2.38.